The molecule has 0 unspecified atom stereocenters. The highest BCUT2D eigenvalue weighted by Crippen LogP contribution is 2.34. The van der Waals surface area contributed by atoms with Crippen molar-refractivity contribution < 1.29 is 13.9 Å². The SMILES string of the molecule is COc1ccc(C(=O)Cl)c2cc(CC(C)(C)C)oc12. The van der Waals surface area contributed by atoms with Crippen molar-refractivity contribution in [1.29, 1.82) is 0 Å². The van der Waals surface area contributed by atoms with Gasteiger partial charge in [-0.3, -0.25) is 4.79 Å². The quantitative estimate of drug-likeness (QED) is 0.782. The van der Waals surface area contributed by atoms with E-state index in [1.807, 2.05) is 6.07 Å². The minimum atomic E-state index is -0.490. The van der Waals surface area contributed by atoms with Gasteiger partial charge < -0.3 is 9.15 Å². The van der Waals surface area contributed by atoms with E-state index in [-0.39, 0.29) is 5.41 Å². The van der Waals surface area contributed by atoms with Crippen LogP contribution >= 0.6 is 11.6 Å². The Balaban J connectivity index is 2.61. The van der Waals surface area contributed by atoms with Crippen LogP contribution in [0, 0.1) is 5.41 Å². The number of halogens is 1. The molecule has 0 fully saturated rings. The number of hydrogen-bond donors (Lipinski definition) is 0. The predicted molar refractivity (Wildman–Crippen MR) is 76.1 cm³/mol. The minimum Gasteiger partial charge on any atom is -0.493 e. The summed E-state index contributed by atoms with van der Waals surface area (Å²) in [5, 5.41) is 0.217. The highest BCUT2D eigenvalue weighted by molar-refractivity contribution is 6.68. The number of fused-ring (bicyclic) bond motifs is 1. The fourth-order valence-electron chi connectivity index (χ4n) is 2.09. The topological polar surface area (TPSA) is 39.4 Å². The van der Waals surface area contributed by atoms with Crippen molar-refractivity contribution >= 4 is 27.8 Å². The summed E-state index contributed by atoms with van der Waals surface area (Å²) < 4.78 is 11.1. The van der Waals surface area contributed by atoms with E-state index in [1.165, 1.54) is 0 Å². The molecule has 0 aliphatic carbocycles. The Morgan fingerprint density at radius 2 is 2.05 bits per heavy atom. The fraction of sp³-hybridized carbons (Fsp3) is 0.400. The molecule has 0 radical (unpaired) electrons. The number of ether oxygens (including phenoxy) is 1. The molecule has 2 aromatic rings. The summed E-state index contributed by atoms with van der Waals surface area (Å²) in [5.41, 5.74) is 1.13. The van der Waals surface area contributed by atoms with Crippen molar-refractivity contribution in [1.82, 2.24) is 0 Å². The molecule has 1 aromatic carbocycles. The lowest BCUT2D eigenvalue weighted by Crippen LogP contribution is -2.08. The van der Waals surface area contributed by atoms with Crippen LogP contribution in [0.25, 0.3) is 11.0 Å². The average molecular weight is 281 g/mol. The molecule has 102 valence electrons. The zero-order valence-corrected chi connectivity index (χ0v) is 12.3. The standard InChI is InChI=1S/C15H17ClO3/c1-15(2,3)8-9-7-11-10(14(16)17)5-6-12(18-4)13(11)19-9/h5-7H,8H2,1-4H3. The molecule has 0 aliphatic rings. The van der Waals surface area contributed by atoms with E-state index < -0.39 is 5.24 Å². The van der Waals surface area contributed by atoms with Crippen LogP contribution < -0.4 is 4.74 Å². The Labute approximate surface area is 117 Å². The Bertz CT molecular complexity index is 620. The average Bonchev–Trinajstić information content (AvgIpc) is 2.67. The van der Waals surface area contributed by atoms with Gasteiger partial charge in [0.15, 0.2) is 11.3 Å². The Morgan fingerprint density at radius 1 is 1.37 bits per heavy atom. The predicted octanol–water partition coefficient (Wildman–Crippen LogP) is 4.41. The molecular weight excluding hydrogens is 264 g/mol. The van der Waals surface area contributed by atoms with E-state index in [0.29, 0.717) is 22.3 Å². The van der Waals surface area contributed by atoms with Gasteiger partial charge in [0.05, 0.1) is 7.11 Å². The second-order valence-electron chi connectivity index (χ2n) is 5.78. The lowest BCUT2D eigenvalue weighted by Gasteiger charge is -2.15. The van der Waals surface area contributed by atoms with Gasteiger partial charge in [0.2, 0.25) is 0 Å². The van der Waals surface area contributed by atoms with Crippen molar-refractivity contribution in [2.75, 3.05) is 7.11 Å². The van der Waals surface area contributed by atoms with Gasteiger partial charge in [-0.25, -0.2) is 0 Å². The molecule has 4 heteroatoms. The number of rotatable bonds is 3. The van der Waals surface area contributed by atoms with Crippen molar-refractivity contribution in [3.8, 4) is 5.75 Å². The van der Waals surface area contributed by atoms with Crippen LogP contribution in [0.3, 0.4) is 0 Å². The lowest BCUT2D eigenvalue weighted by molar-refractivity contribution is 0.108. The van der Waals surface area contributed by atoms with E-state index in [0.717, 1.165) is 12.2 Å². The smallest absolute Gasteiger partial charge is 0.253 e. The normalized spacial score (nSPS) is 11.8. The van der Waals surface area contributed by atoms with Gasteiger partial charge in [-0.05, 0) is 35.2 Å². The largest absolute Gasteiger partial charge is 0.493 e. The third kappa shape index (κ3) is 2.92. The first-order chi connectivity index (χ1) is 8.81. The number of furan rings is 1. The van der Waals surface area contributed by atoms with Gasteiger partial charge in [0, 0.05) is 17.4 Å². The molecule has 19 heavy (non-hydrogen) atoms. The maximum Gasteiger partial charge on any atom is 0.253 e. The summed E-state index contributed by atoms with van der Waals surface area (Å²) >= 11 is 5.60. The van der Waals surface area contributed by atoms with Crippen molar-refractivity contribution in [3.63, 3.8) is 0 Å². The molecule has 0 saturated heterocycles. The number of hydrogen-bond acceptors (Lipinski definition) is 3. The lowest BCUT2D eigenvalue weighted by atomic mass is 9.91. The summed E-state index contributed by atoms with van der Waals surface area (Å²) in [7, 11) is 1.57. The zero-order valence-electron chi connectivity index (χ0n) is 11.5. The van der Waals surface area contributed by atoms with Crippen LogP contribution in [-0.4, -0.2) is 12.4 Å². The van der Waals surface area contributed by atoms with Crippen LogP contribution in [0.2, 0.25) is 0 Å². The minimum absolute atomic E-state index is 0.103. The molecule has 0 N–H and O–H groups in total. The highest BCUT2D eigenvalue weighted by atomic mass is 35.5. The number of benzene rings is 1. The molecular formula is C15H17ClO3. The number of carbonyl (C=O) groups excluding carboxylic acids is 1. The fourth-order valence-corrected chi connectivity index (χ4v) is 2.26. The van der Waals surface area contributed by atoms with Crippen LogP contribution in [0.1, 0.15) is 36.9 Å². The summed E-state index contributed by atoms with van der Waals surface area (Å²) in [6.45, 7) is 6.39. The van der Waals surface area contributed by atoms with Crippen LogP contribution in [0.5, 0.6) is 5.75 Å². The van der Waals surface area contributed by atoms with E-state index >= 15 is 0 Å². The van der Waals surface area contributed by atoms with E-state index in [1.54, 1.807) is 19.2 Å². The van der Waals surface area contributed by atoms with E-state index in [4.69, 9.17) is 20.8 Å². The highest BCUT2D eigenvalue weighted by Gasteiger charge is 2.19. The third-order valence-electron chi connectivity index (χ3n) is 2.83. The Kier molecular flexibility index (Phi) is 3.59. The zero-order chi connectivity index (χ0) is 14.2. The first-order valence-corrected chi connectivity index (χ1v) is 6.49. The third-order valence-corrected chi connectivity index (χ3v) is 3.04. The van der Waals surface area contributed by atoms with Crippen molar-refractivity contribution in [2.45, 2.75) is 27.2 Å². The molecule has 0 amide bonds. The Morgan fingerprint density at radius 3 is 2.58 bits per heavy atom. The maximum atomic E-state index is 11.4. The van der Waals surface area contributed by atoms with Crippen molar-refractivity contribution in [3.05, 3.63) is 29.5 Å². The molecule has 0 aliphatic heterocycles. The number of carbonyl (C=O) groups is 1. The molecule has 0 atom stereocenters. The van der Waals surface area contributed by atoms with Crippen LogP contribution in [-0.2, 0) is 6.42 Å². The summed E-state index contributed by atoms with van der Waals surface area (Å²) in [5.74, 6) is 1.43. The second-order valence-corrected chi connectivity index (χ2v) is 6.13. The van der Waals surface area contributed by atoms with Gasteiger partial charge in [-0.1, -0.05) is 20.8 Å². The van der Waals surface area contributed by atoms with Crippen molar-refractivity contribution in [2.24, 2.45) is 5.41 Å². The van der Waals surface area contributed by atoms with Crippen LogP contribution in [0.4, 0.5) is 0 Å². The first kappa shape index (κ1) is 13.9. The second kappa shape index (κ2) is 4.89. The van der Waals surface area contributed by atoms with Gasteiger partial charge >= 0.3 is 0 Å². The molecule has 0 spiro atoms. The molecule has 0 bridgehead atoms. The molecule has 1 heterocycles. The monoisotopic (exact) mass is 280 g/mol. The van der Waals surface area contributed by atoms with Crippen LogP contribution in [0.15, 0.2) is 22.6 Å². The van der Waals surface area contributed by atoms with Gasteiger partial charge in [0.1, 0.15) is 5.76 Å². The Hall–Kier alpha value is -1.48. The molecule has 0 saturated carbocycles. The summed E-state index contributed by atoms with van der Waals surface area (Å²) in [6.07, 6.45) is 0.779. The van der Waals surface area contributed by atoms with Gasteiger partial charge in [-0.2, -0.15) is 0 Å². The molecule has 2 rings (SSSR count). The first-order valence-electron chi connectivity index (χ1n) is 6.11. The van der Waals surface area contributed by atoms with E-state index in [2.05, 4.69) is 20.8 Å². The molecule has 1 aromatic heterocycles. The summed E-state index contributed by atoms with van der Waals surface area (Å²) in [6, 6.07) is 5.23. The molecule has 3 nitrogen and oxygen atoms in total. The maximum absolute atomic E-state index is 11.4. The van der Waals surface area contributed by atoms with Gasteiger partial charge in [0.25, 0.3) is 5.24 Å². The summed E-state index contributed by atoms with van der Waals surface area (Å²) in [4.78, 5) is 11.4. The van der Waals surface area contributed by atoms with E-state index in [9.17, 15) is 4.79 Å². The number of methoxy groups -OCH3 is 1. The van der Waals surface area contributed by atoms with Gasteiger partial charge in [-0.15, -0.1) is 0 Å².